The highest BCUT2D eigenvalue weighted by Crippen LogP contribution is 2.26. The minimum atomic E-state index is -0.194. The van der Waals surface area contributed by atoms with Gasteiger partial charge in [0.15, 0.2) is 5.69 Å². The number of carbonyl (C=O) groups is 1. The molecule has 0 radical (unpaired) electrons. The molecule has 0 aromatic carbocycles. The Morgan fingerprint density at radius 1 is 1.47 bits per heavy atom. The number of ether oxygens (including phenoxy) is 1. The fourth-order valence-electron chi connectivity index (χ4n) is 2.00. The van der Waals surface area contributed by atoms with Gasteiger partial charge in [0.05, 0.1) is 12.2 Å². The van der Waals surface area contributed by atoms with Crippen LogP contribution in [0.25, 0.3) is 0 Å². The van der Waals surface area contributed by atoms with Crippen LogP contribution in [-0.4, -0.2) is 47.8 Å². The number of hydrogen-bond acceptors (Lipinski definition) is 6. The first-order valence-corrected chi connectivity index (χ1v) is 6.34. The van der Waals surface area contributed by atoms with Gasteiger partial charge in [-0.1, -0.05) is 4.49 Å². The second-order valence-corrected chi connectivity index (χ2v) is 4.90. The number of aromatic nitrogens is 2. The Balaban J connectivity index is 2.21. The Labute approximate surface area is 104 Å². The lowest BCUT2D eigenvalue weighted by Crippen LogP contribution is -2.45. The van der Waals surface area contributed by atoms with E-state index < -0.39 is 0 Å². The van der Waals surface area contributed by atoms with Crippen molar-refractivity contribution in [3.63, 3.8) is 0 Å². The first-order chi connectivity index (χ1) is 8.11. The summed E-state index contributed by atoms with van der Waals surface area (Å²) in [6, 6.07) is 0. The number of hydrogen-bond donors (Lipinski definition) is 1. The molecule has 0 spiro atoms. The molecule has 1 amide bonds. The van der Waals surface area contributed by atoms with E-state index in [0.29, 0.717) is 5.69 Å². The van der Waals surface area contributed by atoms with Gasteiger partial charge < -0.3 is 15.0 Å². The number of nitrogens with zero attached hydrogens (tertiary/aromatic N) is 3. The molecule has 1 aliphatic heterocycles. The number of rotatable bonds is 2. The molecule has 1 aromatic heterocycles. The van der Waals surface area contributed by atoms with E-state index in [-0.39, 0.29) is 18.1 Å². The maximum absolute atomic E-state index is 11.6. The van der Waals surface area contributed by atoms with E-state index in [1.807, 2.05) is 13.8 Å². The number of carbonyl (C=O) groups excluding carboxylic acids is 1. The average molecular weight is 256 g/mol. The van der Waals surface area contributed by atoms with Gasteiger partial charge in [-0.05, 0) is 13.8 Å². The van der Waals surface area contributed by atoms with Gasteiger partial charge in [-0.3, -0.25) is 4.79 Å². The summed E-state index contributed by atoms with van der Waals surface area (Å²) in [5, 5.41) is 7.29. The quantitative estimate of drug-likeness (QED) is 0.835. The summed E-state index contributed by atoms with van der Waals surface area (Å²) in [7, 11) is 1.59. The van der Waals surface area contributed by atoms with Crippen molar-refractivity contribution in [2.24, 2.45) is 0 Å². The summed E-state index contributed by atoms with van der Waals surface area (Å²) in [4.78, 5) is 13.8. The van der Waals surface area contributed by atoms with Crippen molar-refractivity contribution in [2.45, 2.75) is 26.1 Å². The first kappa shape index (κ1) is 12.3. The van der Waals surface area contributed by atoms with Crippen LogP contribution >= 0.6 is 11.5 Å². The molecule has 2 unspecified atom stereocenters. The van der Waals surface area contributed by atoms with Crippen molar-refractivity contribution in [3.8, 4) is 0 Å². The first-order valence-electron chi connectivity index (χ1n) is 5.56. The monoisotopic (exact) mass is 256 g/mol. The van der Waals surface area contributed by atoms with Crippen LogP contribution in [0.1, 0.15) is 24.3 Å². The smallest absolute Gasteiger partial charge is 0.274 e. The van der Waals surface area contributed by atoms with Crippen LogP contribution in [-0.2, 0) is 4.74 Å². The lowest BCUT2D eigenvalue weighted by Gasteiger charge is -2.35. The molecule has 94 valence electrons. The number of amides is 1. The number of morpholine rings is 1. The van der Waals surface area contributed by atoms with E-state index >= 15 is 0 Å². The molecular formula is C10H16N4O2S. The van der Waals surface area contributed by atoms with Crippen LogP contribution in [0.4, 0.5) is 5.00 Å². The Morgan fingerprint density at radius 2 is 2.12 bits per heavy atom. The second-order valence-electron chi connectivity index (χ2n) is 4.17. The van der Waals surface area contributed by atoms with E-state index in [1.54, 1.807) is 7.05 Å². The van der Waals surface area contributed by atoms with E-state index in [2.05, 4.69) is 19.8 Å². The molecule has 0 bridgehead atoms. The van der Waals surface area contributed by atoms with Gasteiger partial charge in [0, 0.05) is 31.7 Å². The number of nitrogens with one attached hydrogen (secondary N) is 1. The minimum absolute atomic E-state index is 0.151. The lowest BCUT2D eigenvalue weighted by atomic mass is 10.2. The molecule has 1 saturated heterocycles. The van der Waals surface area contributed by atoms with Gasteiger partial charge in [0.1, 0.15) is 5.00 Å². The third-order valence-corrected chi connectivity index (χ3v) is 3.41. The van der Waals surface area contributed by atoms with E-state index in [1.165, 1.54) is 11.5 Å². The molecule has 0 saturated carbocycles. The standard InChI is InChI=1S/C10H16N4O2S/c1-6-4-14(5-7(2)16-6)10-8(9(15)11-3)12-13-17-10/h6-7H,4-5H2,1-3H3,(H,11,15). The van der Waals surface area contributed by atoms with Crippen molar-refractivity contribution >= 4 is 22.4 Å². The Bertz CT molecular complexity index is 399. The van der Waals surface area contributed by atoms with E-state index in [9.17, 15) is 4.79 Å². The molecule has 1 N–H and O–H groups in total. The normalized spacial score (nSPS) is 24.8. The summed E-state index contributed by atoms with van der Waals surface area (Å²) in [6.07, 6.45) is 0.303. The maximum Gasteiger partial charge on any atom is 0.274 e. The molecule has 6 nitrogen and oxygen atoms in total. The Morgan fingerprint density at radius 3 is 2.71 bits per heavy atom. The summed E-state index contributed by atoms with van der Waals surface area (Å²) in [5.74, 6) is -0.194. The highest BCUT2D eigenvalue weighted by Gasteiger charge is 2.27. The van der Waals surface area contributed by atoms with Crippen molar-refractivity contribution in [3.05, 3.63) is 5.69 Å². The third-order valence-electron chi connectivity index (χ3n) is 2.62. The van der Waals surface area contributed by atoms with Gasteiger partial charge in [-0.15, -0.1) is 5.10 Å². The molecule has 17 heavy (non-hydrogen) atoms. The largest absolute Gasteiger partial charge is 0.372 e. The van der Waals surface area contributed by atoms with Gasteiger partial charge in [0.2, 0.25) is 0 Å². The predicted molar refractivity (Wildman–Crippen MR) is 65.5 cm³/mol. The van der Waals surface area contributed by atoms with Gasteiger partial charge in [-0.25, -0.2) is 0 Å². The van der Waals surface area contributed by atoms with Crippen molar-refractivity contribution in [1.82, 2.24) is 14.9 Å². The topological polar surface area (TPSA) is 67.4 Å². The molecule has 1 fully saturated rings. The van der Waals surface area contributed by atoms with Crippen LogP contribution in [0.5, 0.6) is 0 Å². The van der Waals surface area contributed by atoms with Crippen molar-refractivity contribution < 1.29 is 9.53 Å². The predicted octanol–water partition coefficient (Wildman–Crippen LogP) is 0.511. The summed E-state index contributed by atoms with van der Waals surface area (Å²) in [6.45, 7) is 5.57. The van der Waals surface area contributed by atoms with Gasteiger partial charge in [-0.2, -0.15) is 0 Å². The zero-order chi connectivity index (χ0) is 12.4. The van der Waals surface area contributed by atoms with Crippen LogP contribution in [0.15, 0.2) is 0 Å². The fraction of sp³-hybridized carbons (Fsp3) is 0.700. The summed E-state index contributed by atoms with van der Waals surface area (Å²) in [5.41, 5.74) is 0.402. The Hall–Kier alpha value is -1.21. The van der Waals surface area contributed by atoms with Crippen molar-refractivity contribution in [1.29, 1.82) is 0 Å². The van der Waals surface area contributed by atoms with Gasteiger partial charge >= 0.3 is 0 Å². The van der Waals surface area contributed by atoms with Crippen LogP contribution in [0.3, 0.4) is 0 Å². The summed E-state index contributed by atoms with van der Waals surface area (Å²) < 4.78 is 9.53. The highest BCUT2D eigenvalue weighted by atomic mass is 32.1. The third kappa shape index (κ3) is 2.55. The van der Waals surface area contributed by atoms with Crippen molar-refractivity contribution in [2.75, 3.05) is 25.0 Å². The molecular weight excluding hydrogens is 240 g/mol. The maximum atomic E-state index is 11.6. The minimum Gasteiger partial charge on any atom is -0.372 e. The zero-order valence-electron chi connectivity index (χ0n) is 10.1. The highest BCUT2D eigenvalue weighted by molar-refractivity contribution is 7.10. The lowest BCUT2D eigenvalue weighted by molar-refractivity contribution is -0.00507. The molecule has 1 aliphatic rings. The average Bonchev–Trinajstić information content (AvgIpc) is 2.75. The number of anilines is 1. The Kier molecular flexibility index (Phi) is 3.58. The molecule has 2 atom stereocenters. The SMILES string of the molecule is CNC(=O)c1nnsc1N1CC(C)OC(C)C1. The zero-order valence-corrected chi connectivity index (χ0v) is 11.0. The fourth-order valence-corrected chi connectivity index (χ4v) is 2.68. The molecule has 2 rings (SSSR count). The van der Waals surface area contributed by atoms with E-state index in [0.717, 1.165) is 18.1 Å². The summed E-state index contributed by atoms with van der Waals surface area (Å²) >= 11 is 1.25. The van der Waals surface area contributed by atoms with Crippen LogP contribution in [0, 0.1) is 0 Å². The van der Waals surface area contributed by atoms with Crippen LogP contribution in [0.2, 0.25) is 0 Å². The molecule has 1 aromatic rings. The molecule has 0 aliphatic carbocycles. The molecule has 7 heteroatoms. The van der Waals surface area contributed by atoms with Crippen LogP contribution < -0.4 is 10.2 Å². The second kappa shape index (κ2) is 4.97. The molecule has 2 heterocycles. The van der Waals surface area contributed by atoms with Gasteiger partial charge in [0.25, 0.3) is 5.91 Å². The van der Waals surface area contributed by atoms with E-state index in [4.69, 9.17) is 4.74 Å².